The minimum atomic E-state index is -0.0206. The van der Waals surface area contributed by atoms with Crippen LogP contribution in [0, 0.1) is 5.92 Å². The first kappa shape index (κ1) is 13.0. The number of para-hydroxylation sites is 1. The van der Waals surface area contributed by atoms with Crippen molar-refractivity contribution in [3.05, 3.63) is 29.3 Å². The van der Waals surface area contributed by atoms with Crippen LogP contribution in [-0.4, -0.2) is 18.7 Å². The largest absolute Gasteiger partial charge is 0.487 e. The number of hydrogen-bond acceptors (Lipinski definition) is 2. The zero-order chi connectivity index (χ0) is 13.3. The fourth-order valence-corrected chi connectivity index (χ4v) is 3.41. The molecule has 0 saturated carbocycles. The molecule has 0 bridgehead atoms. The molecular formula is C17H25NO. The van der Waals surface area contributed by atoms with Gasteiger partial charge in [-0.15, -0.1) is 0 Å². The Balaban J connectivity index is 1.67. The highest BCUT2D eigenvalue weighted by Gasteiger charge is 2.31. The maximum absolute atomic E-state index is 6.15. The molecular weight excluding hydrogens is 234 g/mol. The number of benzene rings is 1. The summed E-state index contributed by atoms with van der Waals surface area (Å²) in [7, 11) is 0. The average Bonchev–Trinajstić information content (AvgIpc) is 2.72. The van der Waals surface area contributed by atoms with Crippen LogP contribution < -0.4 is 10.1 Å². The van der Waals surface area contributed by atoms with Crippen LogP contribution in [0.1, 0.15) is 44.2 Å². The predicted octanol–water partition coefficient (Wildman–Crippen LogP) is 3.33. The topological polar surface area (TPSA) is 21.3 Å². The van der Waals surface area contributed by atoms with E-state index in [4.69, 9.17) is 4.74 Å². The van der Waals surface area contributed by atoms with Gasteiger partial charge in [0.05, 0.1) is 0 Å². The Hall–Kier alpha value is -1.02. The number of fused-ring (bicyclic) bond motifs is 1. The van der Waals surface area contributed by atoms with Crippen molar-refractivity contribution >= 4 is 0 Å². The Morgan fingerprint density at radius 3 is 2.84 bits per heavy atom. The molecule has 1 fully saturated rings. The monoisotopic (exact) mass is 259 g/mol. The molecule has 2 heteroatoms. The molecule has 3 rings (SSSR count). The summed E-state index contributed by atoms with van der Waals surface area (Å²) in [5.41, 5.74) is 2.79. The van der Waals surface area contributed by atoms with E-state index in [1.54, 1.807) is 0 Å². The predicted molar refractivity (Wildman–Crippen MR) is 78.8 cm³/mol. The molecule has 1 aromatic rings. The second kappa shape index (κ2) is 5.16. The fourth-order valence-electron chi connectivity index (χ4n) is 3.41. The van der Waals surface area contributed by atoms with Crippen LogP contribution in [0.3, 0.4) is 0 Å². The number of hydrogen-bond donors (Lipinski definition) is 1. The van der Waals surface area contributed by atoms with Crippen LogP contribution in [0.15, 0.2) is 18.2 Å². The third kappa shape index (κ3) is 2.94. The van der Waals surface area contributed by atoms with Gasteiger partial charge in [0.2, 0.25) is 0 Å². The summed E-state index contributed by atoms with van der Waals surface area (Å²) in [5.74, 6) is 2.08. The maximum Gasteiger partial charge on any atom is 0.126 e. The van der Waals surface area contributed by atoms with Crippen LogP contribution in [0.2, 0.25) is 0 Å². The Kier molecular flexibility index (Phi) is 3.53. The SMILES string of the molecule is CC1(C)Cc2cccc(CCC3CCNCC3)c2O1. The van der Waals surface area contributed by atoms with Crippen molar-refractivity contribution < 1.29 is 4.74 Å². The van der Waals surface area contributed by atoms with Gasteiger partial charge in [0.1, 0.15) is 11.4 Å². The molecule has 1 N–H and O–H groups in total. The van der Waals surface area contributed by atoms with Gasteiger partial charge in [0.15, 0.2) is 0 Å². The van der Waals surface area contributed by atoms with Gasteiger partial charge in [0, 0.05) is 6.42 Å². The standard InChI is InChI=1S/C17H25NO/c1-17(2)12-15-5-3-4-14(16(15)19-17)7-6-13-8-10-18-11-9-13/h3-5,13,18H,6-12H2,1-2H3. The van der Waals surface area contributed by atoms with Crippen molar-refractivity contribution in [3.8, 4) is 5.75 Å². The lowest BCUT2D eigenvalue weighted by atomic mass is 9.90. The second-order valence-electron chi connectivity index (χ2n) is 6.68. The number of rotatable bonds is 3. The molecule has 1 saturated heterocycles. The highest BCUT2D eigenvalue weighted by molar-refractivity contribution is 5.45. The maximum atomic E-state index is 6.15. The molecule has 0 aliphatic carbocycles. The molecule has 0 amide bonds. The van der Waals surface area contributed by atoms with Gasteiger partial charge in [-0.25, -0.2) is 0 Å². The summed E-state index contributed by atoms with van der Waals surface area (Å²) in [6, 6.07) is 6.67. The van der Waals surface area contributed by atoms with Crippen molar-refractivity contribution in [2.75, 3.05) is 13.1 Å². The van der Waals surface area contributed by atoms with E-state index in [1.165, 1.54) is 55.6 Å². The number of piperidine rings is 1. The summed E-state index contributed by atoms with van der Waals surface area (Å²) >= 11 is 0. The molecule has 0 atom stereocenters. The Bertz CT molecular complexity index is 447. The van der Waals surface area contributed by atoms with Crippen molar-refractivity contribution in [3.63, 3.8) is 0 Å². The van der Waals surface area contributed by atoms with Gasteiger partial charge < -0.3 is 10.1 Å². The van der Waals surface area contributed by atoms with Gasteiger partial charge in [-0.1, -0.05) is 18.2 Å². The van der Waals surface area contributed by atoms with Crippen molar-refractivity contribution in [1.82, 2.24) is 5.32 Å². The zero-order valence-corrected chi connectivity index (χ0v) is 12.2. The van der Waals surface area contributed by atoms with E-state index in [9.17, 15) is 0 Å². The third-order valence-corrected chi connectivity index (χ3v) is 4.45. The first-order chi connectivity index (χ1) is 9.14. The van der Waals surface area contributed by atoms with Crippen molar-refractivity contribution in [2.24, 2.45) is 5.92 Å². The minimum absolute atomic E-state index is 0.0206. The van der Waals surface area contributed by atoms with E-state index in [1.807, 2.05) is 0 Å². The molecule has 0 unspecified atom stereocenters. The van der Waals surface area contributed by atoms with Gasteiger partial charge in [0.25, 0.3) is 0 Å². The summed E-state index contributed by atoms with van der Waals surface area (Å²) in [6.07, 6.45) is 6.19. The zero-order valence-electron chi connectivity index (χ0n) is 12.2. The van der Waals surface area contributed by atoms with Crippen molar-refractivity contribution in [1.29, 1.82) is 0 Å². The second-order valence-corrected chi connectivity index (χ2v) is 6.68. The first-order valence-electron chi connectivity index (χ1n) is 7.64. The van der Waals surface area contributed by atoms with Crippen LogP contribution in [0.25, 0.3) is 0 Å². The normalized spacial score (nSPS) is 22.0. The summed E-state index contributed by atoms with van der Waals surface area (Å²) in [4.78, 5) is 0. The lowest BCUT2D eigenvalue weighted by molar-refractivity contribution is 0.137. The van der Waals surface area contributed by atoms with Crippen molar-refractivity contribution in [2.45, 2.75) is 51.6 Å². The van der Waals surface area contributed by atoms with Crippen LogP contribution in [-0.2, 0) is 12.8 Å². The third-order valence-electron chi connectivity index (χ3n) is 4.45. The van der Waals surface area contributed by atoms with Gasteiger partial charge in [-0.2, -0.15) is 0 Å². The first-order valence-corrected chi connectivity index (χ1v) is 7.64. The number of nitrogens with one attached hydrogen (secondary N) is 1. The smallest absolute Gasteiger partial charge is 0.126 e. The van der Waals surface area contributed by atoms with Crippen LogP contribution >= 0.6 is 0 Å². The average molecular weight is 259 g/mol. The molecule has 104 valence electrons. The molecule has 2 heterocycles. The van der Waals surface area contributed by atoms with Gasteiger partial charge in [-0.3, -0.25) is 0 Å². The Morgan fingerprint density at radius 2 is 2.05 bits per heavy atom. The summed E-state index contributed by atoms with van der Waals surface area (Å²) in [5, 5.41) is 3.44. The Labute approximate surface area is 116 Å². The van der Waals surface area contributed by atoms with Crippen LogP contribution in [0.5, 0.6) is 5.75 Å². The number of aryl methyl sites for hydroxylation is 1. The molecule has 0 spiro atoms. The summed E-state index contributed by atoms with van der Waals surface area (Å²) < 4.78 is 6.15. The molecule has 0 aromatic heterocycles. The lowest BCUT2D eigenvalue weighted by Gasteiger charge is -2.23. The van der Waals surface area contributed by atoms with E-state index in [-0.39, 0.29) is 5.60 Å². The molecule has 2 aliphatic heterocycles. The Morgan fingerprint density at radius 1 is 1.26 bits per heavy atom. The fraction of sp³-hybridized carbons (Fsp3) is 0.647. The van der Waals surface area contributed by atoms with E-state index in [0.717, 1.165) is 12.3 Å². The number of ether oxygens (including phenoxy) is 1. The molecule has 0 radical (unpaired) electrons. The molecule has 2 aliphatic rings. The molecule has 1 aromatic carbocycles. The van der Waals surface area contributed by atoms with E-state index < -0.39 is 0 Å². The highest BCUT2D eigenvalue weighted by Crippen LogP contribution is 2.38. The molecule has 19 heavy (non-hydrogen) atoms. The van der Waals surface area contributed by atoms with E-state index in [2.05, 4.69) is 37.4 Å². The quantitative estimate of drug-likeness (QED) is 0.899. The van der Waals surface area contributed by atoms with E-state index >= 15 is 0 Å². The lowest BCUT2D eigenvalue weighted by Crippen LogP contribution is -2.28. The van der Waals surface area contributed by atoms with Gasteiger partial charge in [-0.05, 0) is 69.7 Å². The minimum Gasteiger partial charge on any atom is -0.487 e. The summed E-state index contributed by atoms with van der Waals surface area (Å²) in [6.45, 7) is 6.76. The van der Waals surface area contributed by atoms with Crippen LogP contribution in [0.4, 0.5) is 0 Å². The highest BCUT2D eigenvalue weighted by atomic mass is 16.5. The van der Waals surface area contributed by atoms with Gasteiger partial charge >= 0.3 is 0 Å². The van der Waals surface area contributed by atoms with E-state index in [0.29, 0.717) is 0 Å². The molecule has 2 nitrogen and oxygen atoms in total.